The van der Waals surface area contributed by atoms with Gasteiger partial charge >= 0.3 is 0 Å². The lowest BCUT2D eigenvalue weighted by Gasteiger charge is -2.22. The van der Waals surface area contributed by atoms with Gasteiger partial charge < -0.3 is 11.1 Å². The first-order chi connectivity index (χ1) is 15.6. The van der Waals surface area contributed by atoms with Crippen LogP contribution in [0.25, 0.3) is 11.3 Å². The summed E-state index contributed by atoms with van der Waals surface area (Å²) in [4.78, 5) is 8.63. The van der Waals surface area contributed by atoms with E-state index in [9.17, 15) is 4.39 Å². The minimum Gasteiger partial charge on any atom is -0.351 e. The van der Waals surface area contributed by atoms with Crippen molar-refractivity contribution in [1.29, 1.82) is 0 Å². The van der Waals surface area contributed by atoms with Gasteiger partial charge in [0, 0.05) is 30.8 Å². The molecular formula is C25H39FN6. The van der Waals surface area contributed by atoms with E-state index in [1.54, 1.807) is 6.20 Å². The topological polar surface area (TPSA) is 81.7 Å². The van der Waals surface area contributed by atoms with Gasteiger partial charge in [0.1, 0.15) is 5.69 Å². The molecule has 2 saturated carbocycles. The Bertz CT molecular complexity index is 847. The molecule has 0 amide bonds. The second-order valence-corrected chi connectivity index (χ2v) is 8.24. The molecule has 2 aliphatic rings. The van der Waals surface area contributed by atoms with Crippen LogP contribution in [-0.2, 0) is 13.5 Å². The quantitative estimate of drug-likeness (QED) is 0.461. The normalized spacial score (nSPS) is 15.6. The Balaban J connectivity index is 0.000000396. The molecule has 0 radical (unpaired) electrons. The molecule has 0 unspecified atom stereocenters. The van der Waals surface area contributed by atoms with E-state index in [4.69, 9.17) is 12.2 Å². The van der Waals surface area contributed by atoms with Crippen LogP contribution in [0.1, 0.15) is 77.3 Å². The van der Waals surface area contributed by atoms with Crippen molar-refractivity contribution in [2.24, 2.45) is 18.7 Å². The highest BCUT2D eigenvalue weighted by Gasteiger charge is 2.26. The molecule has 0 spiro atoms. The highest BCUT2D eigenvalue weighted by atomic mass is 19.1. The number of nitrogens with two attached hydrogens (primary N) is 1. The molecule has 0 atom stereocenters. The summed E-state index contributed by atoms with van der Waals surface area (Å²) < 4.78 is 16.2. The highest BCUT2D eigenvalue weighted by molar-refractivity contribution is 5.63. The molecule has 2 aliphatic carbocycles. The number of anilines is 1. The summed E-state index contributed by atoms with van der Waals surface area (Å²) in [5.41, 5.74) is 7.36. The number of hydrogen-bond acceptors (Lipinski definition) is 5. The summed E-state index contributed by atoms with van der Waals surface area (Å²) in [5.74, 6) is 3.35. The Labute approximate surface area is 192 Å². The third-order valence-corrected chi connectivity index (χ3v) is 5.70. The van der Waals surface area contributed by atoms with Crippen LogP contribution in [0.5, 0.6) is 0 Å². The van der Waals surface area contributed by atoms with Gasteiger partial charge in [0.05, 0.1) is 12.4 Å². The fraction of sp³-hybridized carbons (Fsp3) is 0.640. The van der Waals surface area contributed by atoms with Crippen LogP contribution >= 0.6 is 0 Å². The second kappa shape index (κ2) is 13.8. The number of aromatic nitrogens is 4. The maximum absolute atomic E-state index is 14.4. The zero-order valence-corrected chi connectivity index (χ0v) is 19.9. The standard InChI is InChI=1S/C18H24FN5.C5H9N.C2H6/c1-24-16(9-12-7-8-12)14(10-21-24)17-15(19)11-20-18(23-17)22-13-5-3-2-4-6-13;1-2-3-4-5-6;1-2/h10-13H,2-9H2,1H3,(H,20,22,23);1H,3-6H2;1-2H3. The van der Waals surface area contributed by atoms with Crippen molar-refractivity contribution in [2.75, 3.05) is 11.9 Å². The lowest BCUT2D eigenvalue weighted by molar-refractivity contribution is 0.460. The molecule has 32 heavy (non-hydrogen) atoms. The fourth-order valence-electron chi connectivity index (χ4n) is 3.76. The largest absolute Gasteiger partial charge is 0.351 e. The molecule has 0 saturated heterocycles. The maximum atomic E-state index is 14.4. The van der Waals surface area contributed by atoms with Gasteiger partial charge in [-0.2, -0.15) is 5.10 Å². The fourth-order valence-corrected chi connectivity index (χ4v) is 3.76. The molecule has 3 N–H and O–H groups in total. The van der Waals surface area contributed by atoms with Crippen molar-refractivity contribution in [3.8, 4) is 23.6 Å². The van der Waals surface area contributed by atoms with Gasteiger partial charge in [0.2, 0.25) is 5.95 Å². The molecule has 2 fully saturated rings. The van der Waals surface area contributed by atoms with Gasteiger partial charge in [-0.05, 0) is 51.0 Å². The van der Waals surface area contributed by atoms with E-state index in [1.165, 1.54) is 38.3 Å². The average molecular weight is 443 g/mol. The van der Waals surface area contributed by atoms with Gasteiger partial charge in [0.15, 0.2) is 5.82 Å². The predicted octanol–water partition coefficient (Wildman–Crippen LogP) is 5.10. The number of halogens is 1. The lowest BCUT2D eigenvalue weighted by Crippen LogP contribution is -2.23. The van der Waals surface area contributed by atoms with E-state index in [0.717, 1.165) is 43.4 Å². The Hall–Kier alpha value is -2.46. The molecular weight excluding hydrogens is 403 g/mol. The molecule has 2 aromatic rings. The third kappa shape index (κ3) is 7.90. The van der Waals surface area contributed by atoms with Crippen LogP contribution in [0.2, 0.25) is 0 Å². The van der Waals surface area contributed by atoms with E-state index >= 15 is 0 Å². The SMILES string of the molecule is C#CCCCN.CC.Cn1ncc(-c2nc(NC3CCCCC3)ncc2F)c1CC1CC1. The Morgan fingerprint density at radius 3 is 2.50 bits per heavy atom. The number of unbranched alkanes of at least 4 members (excludes halogenated alkanes) is 1. The van der Waals surface area contributed by atoms with Crippen LogP contribution < -0.4 is 11.1 Å². The van der Waals surface area contributed by atoms with Crippen molar-refractivity contribution >= 4 is 5.95 Å². The zero-order valence-electron chi connectivity index (χ0n) is 19.9. The van der Waals surface area contributed by atoms with E-state index in [-0.39, 0.29) is 5.82 Å². The number of terminal acetylenes is 1. The molecule has 0 aliphatic heterocycles. The molecule has 7 heteroatoms. The zero-order chi connectivity index (χ0) is 23.3. The first kappa shape index (κ1) is 25.8. The van der Waals surface area contributed by atoms with Gasteiger partial charge in [0.25, 0.3) is 0 Å². The Kier molecular flexibility index (Phi) is 11.2. The Morgan fingerprint density at radius 1 is 1.19 bits per heavy atom. The monoisotopic (exact) mass is 442 g/mol. The lowest BCUT2D eigenvalue weighted by atomic mass is 9.96. The van der Waals surface area contributed by atoms with Crippen LogP contribution in [0, 0.1) is 24.1 Å². The van der Waals surface area contributed by atoms with Crippen LogP contribution in [0.3, 0.4) is 0 Å². The van der Waals surface area contributed by atoms with Crippen molar-refractivity contribution in [3.05, 3.63) is 23.9 Å². The van der Waals surface area contributed by atoms with E-state index < -0.39 is 0 Å². The molecule has 2 aromatic heterocycles. The summed E-state index contributed by atoms with van der Waals surface area (Å²) in [7, 11) is 1.92. The predicted molar refractivity (Wildman–Crippen MR) is 130 cm³/mol. The molecule has 176 valence electrons. The molecule has 0 aromatic carbocycles. The molecule has 2 heterocycles. The number of rotatable bonds is 7. The number of nitrogens with one attached hydrogen (secondary N) is 1. The van der Waals surface area contributed by atoms with Crippen molar-refractivity contribution in [3.63, 3.8) is 0 Å². The third-order valence-electron chi connectivity index (χ3n) is 5.70. The van der Waals surface area contributed by atoms with E-state index in [2.05, 4.69) is 26.3 Å². The second-order valence-electron chi connectivity index (χ2n) is 8.24. The van der Waals surface area contributed by atoms with Gasteiger partial charge in [-0.25, -0.2) is 14.4 Å². The summed E-state index contributed by atoms with van der Waals surface area (Å²) in [5, 5.41) is 7.71. The van der Waals surface area contributed by atoms with Crippen molar-refractivity contribution < 1.29 is 4.39 Å². The molecule has 6 nitrogen and oxygen atoms in total. The summed E-state index contributed by atoms with van der Waals surface area (Å²) in [6.45, 7) is 4.71. The first-order valence-corrected chi connectivity index (χ1v) is 12.1. The minimum atomic E-state index is -0.380. The first-order valence-electron chi connectivity index (χ1n) is 12.1. The smallest absolute Gasteiger partial charge is 0.223 e. The van der Waals surface area contributed by atoms with E-state index in [1.807, 2.05) is 25.6 Å². The molecule has 4 rings (SSSR count). The van der Waals surface area contributed by atoms with Crippen LogP contribution in [-0.4, -0.2) is 32.3 Å². The van der Waals surface area contributed by atoms with Crippen molar-refractivity contribution in [2.45, 2.75) is 84.1 Å². The summed E-state index contributed by atoms with van der Waals surface area (Å²) in [6, 6.07) is 0.400. The maximum Gasteiger partial charge on any atom is 0.223 e. The number of aryl methyl sites for hydroxylation is 1. The van der Waals surface area contributed by atoms with Gasteiger partial charge in [-0.1, -0.05) is 33.1 Å². The average Bonchev–Trinajstić information content (AvgIpc) is 3.58. The highest BCUT2D eigenvalue weighted by Crippen LogP contribution is 2.36. The van der Waals surface area contributed by atoms with E-state index in [0.29, 0.717) is 30.1 Å². The minimum absolute atomic E-state index is 0.368. The number of nitrogens with zero attached hydrogens (tertiary/aromatic N) is 4. The molecule has 0 bridgehead atoms. The number of hydrogen-bond donors (Lipinski definition) is 2. The van der Waals surface area contributed by atoms with Gasteiger partial charge in [-0.15, -0.1) is 12.3 Å². The van der Waals surface area contributed by atoms with Gasteiger partial charge in [-0.3, -0.25) is 4.68 Å². The Morgan fingerprint density at radius 2 is 1.91 bits per heavy atom. The summed E-state index contributed by atoms with van der Waals surface area (Å²) >= 11 is 0. The summed E-state index contributed by atoms with van der Waals surface area (Å²) in [6.07, 6.45) is 19.2. The van der Waals surface area contributed by atoms with Crippen molar-refractivity contribution in [1.82, 2.24) is 19.7 Å². The van der Waals surface area contributed by atoms with Crippen LogP contribution in [0.4, 0.5) is 10.3 Å². The van der Waals surface area contributed by atoms with Crippen LogP contribution in [0.15, 0.2) is 12.4 Å².